The molecule has 0 aliphatic carbocycles. The average Bonchev–Trinajstić information content (AvgIpc) is 2.26. The average molecular weight is 171 g/mol. The summed E-state index contributed by atoms with van der Waals surface area (Å²) in [6.45, 7) is 6.90. The Labute approximate surface area is 73.3 Å². The molecule has 1 atom stereocenters. The van der Waals surface area contributed by atoms with E-state index >= 15 is 0 Å². The van der Waals surface area contributed by atoms with E-state index in [2.05, 4.69) is 18.7 Å². The van der Waals surface area contributed by atoms with E-state index < -0.39 is 0 Å². The van der Waals surface area contributed by atoms with E-state index in [0.29, 0.717) is 6.04 Å². The number of nitrogens with zero attached hydrogens (tertiary/aromatic N) is 1. The summed E-state index contributed by atoms with van der Waals surface area (Å²) in [5.74, 6) is 0. The maximum atomic E-state index is 9.65. The van der Waals surface area contributed by atoms with Crippen LogP contribution in [0.3, 0.4) is 0 Å². The highest BCUT2D eigenvalue weighted by Crippen LogP contribution is 2.35. The first-order valence-electron chi connectivity index (χ1n) is 4.70. The third kappa shape index (κ3) is 1.08. The van der Waals surface area contributed by atoms with Crippen molar-refractivity contribution in [1.82, 2.24) is 4.90 Å². The molecule has 2 saturated heterocycles. The molecule has 0 aromatic rings. The van der Waals surface area contributed by atoms with Gasteiger partial charge in [0.2, 0.25) is 0 Å². The first-order valence-corrected chi connectivity index (χ1v) is 4.70. The van der Waals surface area contributed by atoms with Crippen LogP contribution in [0.15, 0.2) is 0 Å². The molecule has 2 heterocycles. The summed E-state index contributed by atoms with van der Waals surface area (Å²) >= 11 is 0. The van der Waals surface area contributed by atoms with Gasteiger partial charge in [0.15, 0.2) is 0 Å². The number of hydrogen-bond acceptors (Lipinski definition) is 3. The summed E-state index contributed by atoms with van der Waals surface area (Å²) in [7, 11) is 0. The minimum absolute atomic E-state index is 0.190. The summed E-state index contributed by atoms with van der Waals surface area (Å²) in [6, 6.07) is 0.576. The zero-order chi connectivity index (χ0) is 8.77. The quantitative estimate of drug-likeness (QED) is 0.613. The molecule has 0 radical (unpaired) electrons. The van der Waals surface area contributed by atoms with E-state index in [4.69, 9.17) is 4.74 Å². The van der Waals surface area contributed by atoms with Crippen molar-refractivity contribution >= 4 is 0 Å². The molecule has 2 fully saturated rings. The molecule has 2 aliphatic rings. The van der Waals surface area contributed by atoms with Crippen LogP contribution in [0.5, 0.6) is 0 Å². The van der Waals surface area contributed by atoms with Crippen LogP contribution < -0.4 is 0 Å². The second-order valence-corrected chi connectivity index (χ2v) is 4.22. The topological polar surface area (TPSA) is 32.7 Å². The predicted octanol–water partition coefficient (Wildman–Crippen LogP) is 0.230. The molecule has 3 nitrogen and oxygen atoms in total. The van der Waals surface area contributed by atoms with Crippen molar-refractivity contribution in [3.63, 3.8) is 0 Å². The van der Waals surface area contributed by atoms with Gasteiger partial charge >= 0.3 is 0 Å². The van der Waals surface area contributed by atoms with Crippen LogP contribution in [-0.4, -0.2) is 47.4 Å². The van der Waals surface area contributed by atoms with Crippen LogP contribution in [0.2, 0.25) is 0 Å². The van der Waals surface area contributed by atoms with Crippen molar-refractivity contribution in [1.29, 1.82) is 0 Å². The Morgan fingerprint density at radius 2 is 2.17 bits per heavy atom. The molecule has 3 heteroatoms. The first-order chi connectivity index (χ1) is 5.64. The largest absolute Gasteiger partial charge is 0.390 e. The Morgan fingerprint density at radius 3 is 2.58 bits per heavy atom. The summed E-state index contributed by atoms with van der Waals surface area (Å²) in [5.41, 5.74) is -0.190. The van der Waals surface area contributed by atoms with Gasteiger partial charge in [0.05, 0.1) is 12.7 Å². The fraction of sp³-hybridized carbons (Fsp3) is 1.00. The molecule has 2 aliphatic heterocycles. The fourth-order valence-electron chi connectivity index (χ4n) is 2.04. The number of likely N-dealkylation sites (tertiary alicyclic amines) is 1. The Kier molecular flexibility index (Phi) is 1.90. The summed E-state index contributed by atoms with van der Waals surface area (Å²) in [5, 5.41) is 9.65. The highest BCUT2D eigenvalue weighted by Gasteiger charge is 2.52. The molecular formula is C9H17NO2. The second kappa shape index (κ2) is 2.69. The summed E-state index contributed by atoms with van der Waals surface area (Å²) < 4.78 is 5.58. The number of rotatable bonds is 1. The molecule has 0 bridgehead atoms. The first kappa shape index (κ1) is 8.48. The lowest BCUT2D eigenvalue weighted by Crippen LogP contribution is -2.67. The van der Waals surface area contributed by atoms with Gasteiger partial charge in [0.25, 0.3) is 0 Å². The van der Waals surface area contributed by atoms with Crippen molar-refractivity contribution in [3.8, 4) is 0 Å². The van der Waals surface area contributed by atoms with Crippen LogP contribution >= 0.6 is 0 Å². The van der Waals surface area contributed by atoms with Gasteiger partial charge in [-0.2, -0.15) is 0 Å². The van der Waals surface area contributed by atoms with Gasteiger partial charge in [0, 0.05) is 19.1 Å². The number of aliphatic hydroxyl groups is 1. The van der Waals surface area contributed by atoms with Crippen molar-refractivity contribution in [2.24, 2.45) is 0 Å². The molecule has 0 amide bonds. The van der Waals surface area contributed by atoms with Gasteiger partial charge in [-0.15, -0.1) is 0 Å². The molecular weight excluding hydrogens is 154 g/mol. The third-order valence-corrected chi connectivity index (χ3v) is 3.06. The highest BCUT2D eigenvalue weighted by atomic mass is 16.5. The molecule has 0 saturated carbocycles. The van der Waals surface area contributed by atoms with Gasteiger partial charge in [0.1, 0.15) is 5.60 Å². The van der Waals surface area contributed by atoms with Crippen LogP contribution in [-0.2, 0) is 4.74 Å². The zero-order valence-corrected chi connectivity index (χ0v) is 7.79. The maximum absolute atomic E-state index is 9.65. The van der Waals surface area contributed by atoms with Crippen LogP contribution in [0, 0.1) is 0 Å². The third-order valence-electron chi connectivity index (χ3n) is 3.06. The lowest BCUT2D eigenvalue weighted by atomic mass is 9.87. The predicted molar refractivity (Wildman–Crippen MR) is 46.0 cm³/mol. The van der Waals surface area contributed by atoms with E-state index in [1.165, 1.54) is 0 Å². The second-order valence-electron chi connectivity index (χ2n) is 4.22. The molecule has 1 unspecified atom stereocenters. The molecule has 0 aromatic carbocycles. The highest BCUT2D eigenvalue weighted by molar-refractivity contribution is 5.05. The van der Waals surface area contributed by atoms with Crippen LogP contribution in [0.4, 0.5) is 0 Å². The van der Waals surface area contributed by atoms with Crippen molar-refractivity contribution in [2.75, 3.05) is 19.7 Å². The summed E-state index contributed by atoms with van der Waals surface area (Å²) in [6.07, 6.45) is 0.582. The maximum Gasteiger partial charge on any atom is 0.119 e. The van der Waals surface area contributed by atoms with E-state index in [1.807, 2.05) is 0 Å². The lowest BCUT2D eigenvalue weighted by molar-refractivity contribution is -0.161. The molecule has 1 N–H and O–H groups in total. The SMILES string of the molecule is CC(C)N1CC2(C1)OCCC2O. The minimum Gasteiger partial charge on any atom is -0.390 e. The van der Waals surface area contributed by atoms with E-state index in [1.54, 1.807) is 0 Å². The normalized spacial score (nSPS) is 34.5. The molecule has 70 valence electrons. The lowest BCUT2D eigenvalue weighted by Gasteiger charge is -2.50. The zero-order valence-electron chi connectivity index (χ0n) is 7.79. The molecule has 2 rings (SSSR count). The number of aliphatic hydroxyl groups excluding tert-OH is 1. The standard InChI is InChI=1S/C9H17NO2/c1-7(2)10-5-9(6-10)8(11)3-4-12-9/h7-8,11H,3-6H2,1-2H3. The number of ether oxygens (including phenoxy) is 1. The molecule has 1 spiro atoms. The monoisotopic (exact) mass is 171 g/mol. The van der Waals surface area contributed by atoms with Gasteiger partial charge in [-0.1, -0.05) is 0 Å². The van der Waals surface area contributed by atoms with E-state index in [9.17, 15) is 5.11 Å². The van der Waals surface area contributed by atoms with Crippen molar-refractivity contribution < 1.29 is 9.84 Å². The number of hydrogen-bond donors (Lipinski definition) is 1. The minimum atomic E-state index is -0.229. The van der Waals surface area contributed by atoms with E-state index in [-0.39, 0.29) is 11.7 Å². The fourth-order valence-corrected chi connectivity index (χ4v) is 2.04. The van der Waals surface area contributed by atoms with Crippen LogP contribution in [0.25, 0.3) is 0 Å². The van der Waals surface area contributed by atoms with Crippen molar-refractivity contribution in [3.05, 3.63) is 0 Å². The Hall–Kier alpha value is -0.120. The van der Waals surface area contributed by atoms with Gasteiger partial charge in [-0.05, 0) is 20.3 Å². The van der Waals surface area contributed by atoms with Crippen molar-refractivity contribution in [2.45, 2.75) is 38.0 Å². The van der Waals surface area contributed by atoms with E-state index in [0.717, 1.165) is 26.1 Å². The Bertz CT molecular complexity index is 175. The van der Waals surface area contributed by atoms with Gasteiger partial charge in [-0.25, -0.2) is 0 Å². The smallest absolute Gasteiger partial charge is 0.119 e. The Morgan fingerprint density at radius 1 is 1.50 bits per heavy atom. The van der Waals surface area contributed by atoms with Gasteiger partial charge in [-0.3, -0.25) is 4.90 Å². The van der Waals surface area contributed by atoms with Gasteiger partial charge < -0.3 is 9.84 Å². The molecule has 0 aromatic heterocycles. The Balaban J connectivity index is 1.93. The van der Waals surface area contributed by atoms with Crippen LogP contribution in [0.1, 0.15) is 20.3 Å². The summed E-state index contributed by atoms with van der Waals surface area (Å²) in [4.78, 5) is 2.33. The molecule has 12 heavy (non-hydrogen) atoms.